The van der Waals surface area contributed by atoms with Gasteiger partial charge in [-0.05, 0) is 43.2 Å². The van der Waals surface area contributed by atoms with Crippen LogP contribution >= 0.6 is 11.3 Å². The highest BCUT2D eigenvalue weighted by Crippen LogP contribution is 2.38. The van der Waals surface area contributed by atoms with Crippen LogP contribution in [0.15, 0.2) is 6.07 Å². The van der Waals surface area contributed by atoms with Crippen LogP contribution in [-0.4, -0.2) is 36.3 Å². The highest BCUT2D eigenvalue weighted by atomic mass is 32.1. The minimum absolute atomic E-state index is 0.105. The van der Waals surface area contributed by atoms with Crippen molar-refractivity contribution >= 4 is 23.2 Å². The molecule has 21 heavy (non-hydrogen) atoms. The SMILES string of the molecule is CCc1cc(C(=O)N2CCC3(CC2)CNC(=O)C3)sc1C. The summed E-state index contributed by atoms with van der Waals surface area (Å²) in [5, 5.41) is 2.93. The summed E-state index contributed by atoms with van der Waals surface area (Å²) in [7, 11) is 0. The largest absolute Gasteiger partial charge is 0.356 e. The van der Waals surface area contributed by atoms with Gasteiger partial charge in [-0.2, -0.15) is 0 Å². The quantitative estimate of drug-likeness (QED) is 0.912. The molecule has 2 fully saturated rings. The second kappa shape index (κ2) is 5.44. The van der Waals surface area contributed by atoms with Crippen LogP contribution in [0.3, 0.4) is 0 Å². The Morgan fingerprint density at radius 1 is 1.43 bits per heavy atom. The molecule has 1 N–H and O–H groups in total. The molecule has 0 radical (unpaired) electrons. The lowest BCUT2D eigenvalue weighted by Crippen LogP contribution is -2.43. The molecular weight excluding hydrogens is 284 g/mol. The first-order valence-electron chi connectivity index (χ1n) is 7.68. The third kappa shape index (κ3) is 2.71. The molecule has 0 atom stereocenters. The number of thiophene rings is 1. The Morgan fingerprint density at radius 3 is 2.67 bits per heavy atom. The fraction of sp³-hybridized carbons (Fsp3) is 0.625. The average molecular weight is 306 g/mol. The van der Waals surface area contributed by atoms with Crippen molar-refractivity contribution < 1.29 is 9.59 Å². The Labute approximate surface area is 129 Å². The van der Waals surface area contributed by atoms with E-state index in [9.17, 15) is 9.59 Å². The molecule has 0 aliphatic carbocycles. The molecule has 1 aromatic rings. The molecule has 1 spiro atoms. The predicted molar refractivity (Wildman–Crippen MR) is 83.6 cm³/mol. The van der Waals surface area contributed by atoms with Crippen molar-refractivity contribution in [2.75, 3.05) is 19.6 Å². The Morgan fingerprint density at radius 2 is 2.14 bits per heavy atom. The predicted octanol–water partition coefficient (Wildman–Crippen LogP) is 2.36. The summed E-state index contributed by atoms with van der Waals surface area (Å²) < 4.78 is 0. The van der Waals surface area contributed by atoms with Gasteiger partial charge in [-0.1, -0.05) is 6.92 Å². The Balaban J connectivity index is 1.66. The third-order valence-electron chi connectivity index (χ3n) is 4.92. The molecule has 5 heteroatoms. The number of amides is 2. The van der Waals surface area contributed by atoms with Crippen LogP contribution in [-0.2, 0) is 11.2 Å². The molecule has 2 saturated heterocycles. The number of rotatable bonds is 2. The lowest BCUT2D eigenvalue weighted by Gasteiger charge is -2.38. The molecule has 2 amide bonds. The van der Waals surface area contributed by atoms with E-state index in [1.165, 1.54) is 10.4 Å². The van der Waals surface area contributed by atoms with Gasteiger partial charge in [-0.25, -0.2) is 0 Å². The van der Waals surface area contributed by atoms with Gasteiger partial charge in [0, 0.05) is 30.9 Å². The molecule has 2 aliphatic heterocycles. The minimum atomic E-state index is 0.105. The number of hydrogen-bond acceptors (Lipinski definition) is 3. The standard InChI is InChI=1S/C16H22N2O2S/c1-3-12-8-13(21-11(12)2)15(20)18-6-4-16(5-7-18)9-14(19)17-10-16/h8H,3-7,9-10H2,1-2H3,(H,17,19). The molecule has 2 aliphatic rings. The minimum Gasteiger partial charge on any atom is -0.356 e. The van der Waals surface area contributed by atoms with Crippen molar-refractivity contribution in [1.29, 1.82) is 0 Å². The topological polar surface area (TPSA) is 49.4 Å². The molecule has 0 bridgehead atoms. The van der Waals surface area contributed by atoms with E-state index in [1.807, 2.05) is 11.0 Å². The smallest absolute Gasteiger partial charge is 0.263 e. The fourth-order valence-electron chi connectivity index (χ4n) is 3.42. The fourth-order valence-corrected chi connectivity index (χ4v) is 4.50. The van der Waals surface area contributed by atoms with Crippen LogP contribution in [0.4, 0.5) is 0 Å². The summed E-state index contributed by atoms with van der Waals surface area (Å²) in [6.45, 7) is 6.53. The lowest BCUT2D eigenvalue weighted by atomic mass is 9.77. The van der Waals surface area contributed by atoms with Crippen LogP contribution in [0.5, 0.6) is 0 Å². The first-order valence-corrected chi connectivity index (χ1v) is 8.50. The average Bonchev–Trinajstić information content (AvgIpc) is 3.03. The van der Waals surface area contributed by atoms with Gasteiger partial charge < -0.3 is 10.2 Å². The van der Waals surface area contributed by atoms with E-state index in [-0.39, 0.29) is 17.2 Å². The van der Waals surface area contributed by atoms with Crippen LogP contribution in [0, 0.1) is 12.3 Å². The normalized spacial score (nSPS) is 20.9. The van der Waals surface area contributed by atoms with Crippen molar-refractivity contribution in [2.24, 2.45) is 5.41 Å². The van der Waals surface area contributed by atoms with E-state index in [4.69, 9.17) is 0 Å². The maximum atomic E-state index is 12.6. The molecule has 3 rings (SSSR count). The van der Waals surface area contributed by atoms with Crippen LogP contribution in [0.25, 0.3) is 0 Å². The molecule has 0 aromatic carbocycles. The lowest BCUT2D eigenvalue weighted by molar-refractivity contribution is -0.119. The summed E-state index contributed by atoms with van der Waals surface area (Å²) in [5.41, 5.74) is 1.38. The zero-order valence-corrected chi connectivity index (χ0v) is 13.5. The van der Waals surface area contributed by atoms with Gasteiger partial charge in [-0.3, -0.25) is 9.59 Å². The highest BCUT2D eigenvalue weighted by Gasteiger charge is 2.41. The van der Waals surface area contributed by atoms with Gasteiger partial charge in [0.05, 0.1) is 4.88 Å². The molecular formula is C16H22N2O2S. The highest BCUT2D eigenvalue weighted by molar-refractivity contribution is 7.14. The second-order valence-electron chi connectivity index (χ2n) is 6.29. The van der Waals surface area contributed by atoms with E-state index in [2.05, 4.69) is 19.2 Å². The molecule has 114 valence electrons. The number of nitrogens with zero attached hydrogens (tertiary/aromatic N) is 1. The van der Waals surface area contributed by atoms with E-state index in [1.54, 1.807) is 11.3 Å². The Bertz CT molecular complexity index is 571. The number of carbonyl (C=O) groups excluding carboxylic acids is 2. The Kier molecular flexibility index (Phi) is 3.78. The van der Waals surface area contributed by atoms with Crippen molar-refractivity contribution in [1.82, 2.24) is 10.2 Å². The van der Waals surface area contributed by atoms with Crippen molar-refractivity contribution in [3.05, 3.63) is 21.4 Å². The number of nitrogens with one attached hydrogen (secondary N) is 1. The van der Waals surface area contributed by atoms with E-state index < -0.39 is 0 Å². The Hall–Kier alpha value is -1.36. The summed E-state index contributed by atoms with van der Waals surface area (Å²) in [6.07, 6.45) is 3.48. The number of hydrogen-bond donors (Lipinski definition) is 1. The van der Waals surface area contributed by atoms with Crippen molar-refractivity contribution in [2.45, 2.75) is 39.5 Å². The number of aryl methyl sites for hydroxylation is 2. The maximum Gasteiger partial charge on any atom is 0.263 e. The second-order valence-corrected chi connectivity index (χ2v) is 7.55. The molecule has 4 nitrogen and oxygen atoms in total. The third-order valence-corrected chi connectivity index (χ3v) is 6.00. The van der Waals surface area contributed by atoms with Crippen molar-refractivity contribution in [3.63, 3.8) is 0 Å². The number of carbonyl (C=O) groups is 2. The van der Waals surface area contributed by atoms with E-state index in [0.717, 1.165) is 43.8 Å². The first kappa shape index (κ1) is 14.6. The zero-order chi connectivity index (χ0) is 15.0. The van der Waals surface area contributed by atoms with Crippen LogP contribution < -0.4 is 5.32 Å². The van der Waals surface area contributed by atoms with Gasteiger partial charge in [0.1, 0.15) is 0 Å². The van der Waals surface area contributed by atoms with Crippen LogP contribution in [0.1, 0.15) is 46.3 Å². The molecule has 0 saturated carbocycles. The zero-order valence-electron chi connectivity index (χ0n) is 12.7. The monoisotopic (exact) mass is 306 g/mol. The van der Waals surface area contributed by atoms with E-state index in [0.29, 0.717) is 6.42 Å². The number of piperidine rings is 1. The molecule has 0 unspecified atom stereocenters. The maximum absolute atomic E-state index is 12.6. The van der Waals surface area contributed by atoms with Crippen molar-refractivity contribution in [3.8, 4) is 0 Å². The summed E-state index contributed by atoms with van der Waals surface area (Å²) >= 11 is 1.61. The molecule has 3 heterocycles. The summed E-state index contributed by atoms with van der Waals surface area (Å²) in [6, 6.07) is 2.05. The first-order chi connectivity index (χ1) is 10.0. The van der Waals surface area contributed by atoms with Gasteiger partial charge in [0.25, 0.3) is 5.91 Å². The summed E-state index contributed by atoms with van der Waals surface area (Å²) in [4.78, 5) is 28.1. The van der Waals surface area contributed by atoms with Gasteiger partial charge in [0.15, 0.2) is 0 Å². The van der Waals surface area contributed by atoms with Gasteiger partial charge >= 0.3 is 0 Å². The molecule has 1 aromatic heterocycles. The van der Waals surface area contributed by atoms with Gasteiger partial charge in [0.2, 0.25) is 5.91 Å². The summed E-state index contributed by atoms with van der Waals surface area (Å²) in [5.74, 6) is 0.325. The van der Waals surface area contributed by atoms with Crippen LogP contribution in [0.2, 0.25) is 0 Å². The number of likely N-dealkylation sites (tertiary alicyclic amines) is 1. The van der Waals surface area contributed by atoms with E-state index >= 15 is 0 Å². The van der Waals surface area contributed by atoms with Gasteiger partial charge in [-0.15, -0.1) is 11.3 Å².